The summed E-state index contributed by atoms with van der Waals surface area (Å²) in [4.78, 5) is 44.7. The number of aromatic nitrogens is 2. The van der Waals surface area contributed by atoms with Gasteiger partial charge in [0.05, 0.1) is 33.6 Å². The van der Waals surface area contributed by atoms with Crippen LogP contribution in [0.3, 0.4) is 0 Å². The Morgan fingerprint density at radius 1 is 0.977 bits per heavy atom. The topological polar surface area (TPSA) is 89.6 Å². The van der Waals surface area contributed by atoms with Crippen LogP contribution < -0.4 is 4.90 Å². The third-order valence-corrected chi connectivity index (χ3v) is 8.11. The molecule has 1 aromatic heterocycles. The Labute approximate surface area is 246 Å². The Hall–Kier alpha value is -4.07. The molecule has 0 bridgehead atoms. The predicted octanol–water partition coefficient (Wildman–Crippen LogP) is 6.61. The fraction of sp³-hybridized carbons (Fsp3) is 0.357. The molecule has 0 saturated carbocycles. The van der Waals surface area contributed by atoms with Crippen molar-refractivity contribution < 1.29 is 40.7 Å². The number of piperidine rings is 1. The summed E-state index contributed by atoms with van der Waals surface area (Å²) in [6.45, 7) is 2.91. The van der Waals surface area contributed by atoms with Crippen molar-refractivity contribution in [2.75, 3.05) is 18.0 Å². The number of para-hydroxylation sites is 1. The van der Waals surface area contributed by atoms with Crippen molar-refractivity contribution >= 4 is 35.1 Å². The minimum Gasteiger partial charge on any atom is -0.338 e. The predicted molar refractivity (Wildman–Crippen MR) is 142 cm³/mol. The number of imide groups is 1. The van der Waals surface area contributed by atoms with Gasteiger partial charge >= 0.3 is 18.4 Å². The first-order valence-corrected chi connectivity index (χ1v) is 13.5. The number of hydrogen-bond donors (Lipinski definition) is 1. The molecule has 43 heavy (non-hydrogen) atoms. The molecule has 3 heterocycles. The number of anilines is 1. The molecule has 5 rings (SSSR count). The van der Waals surface area contributed by atoms with Crippen LogP contribution in [0.1, 0.15) is 58.7 Å². The lowest BCUT2D eigenvalue weighted by atomic mass is 9.85. The van der Waals surface area contributed by atoms with Crippen molar-refractivity contribution in [2.45, 2.75) is 50.6 Å². The number of amides is 4. The van der Waals surface area contributed by atoms with Crippen molar-refractivity contribution in [2.24, 2.45) is 0 Å². The van der Waals surface area contributed by atoms with E-state index < -0.39 is 58.5 Å². The van der Waals surface area contributed by atoms with E-state index in [-0.39, 0.29) is 42.7 Å². The van der Waals surface area contributed by atoms with Crippen LogP contribution in [-0.2, 0) is 17.1 Å². The highest BCUT2D eigenvalue weighted by molar-refractivity contribution is 6.34. The second-order valence-corrected chi connectivity index (χ2v) is 10.9. The smallest absolute Gasteiger partial charge is 0.338 e. The second-order valence-electron chi connectivity index (χ2n) is 10.5. The monoisotopic (exact) mass is 627 g/mol. The Morgan fingerprint density at radius 2 is 1.56 bits per heavy atom. The number of H-pyrrole nitrogens is 1. The van der Waals surface area contributed by atoms with Crippen molar-refractivity contribution in [1.29, 1.82) is 0 Å². The number of likely N-dealkylation sites (tertiary alicyclic amines) is 1. The van der Waals surface area contributed by atoms with Crippen LogP contribution >= 0.6 is 11.6 Å². The molecule has 2 aliphatic rings. The molecule has 2 aromatic carbocycles. The summed E-state index contributed by atoms with van der Waals surface area (Å²) < 4.78 is 80.4. The van der Waals surface area contributed by atoms with Gasteiger partial charge in [0, 0.05) is 24.3 Å². The highest BCUT2D eigenvalue weighted by atomic mass is 35.5. The zero-order valence-corrected chi connectivity index (χ0v) is 23.4. The quantitative estimate of drug-likeness (QED) is 0.260. The normalized spacial score (nSPS) is 18.1. The lowest BCUT2D eigenvalue weighted by Crippen LogP contribution is -2.57. The van der Waals surface area contributed by atoms with Crippen molar-refractivity contribution in [1.82, 2.24) is 20.0 Å². The molecule has 1 atom stereocenters. The summed E-state index contributed by atoms with van der Waals surface area (Å²) in [5, 5.41) is 7.11. The molecule has 4 amide bonds. The number of nitrogens with one attached hydrogen (secondary N) is 1. The molecule has 1 N–H and O–H groups in total. The number of alkyl halides is 6. The van der Waals surface area contributed by atoms with Crippen LogP contribution in [0.4, 0.5) is 36.8 Å². The highest BCUT2D eigenvalue weighted by Gasteiger charge is 2.60. The number of halogens is 7. The number of urea groups is 1. The first-order chi connectivity index (χ1) is 20.0. The molecule has 3 aromatic rings. The number of carbonyl (C=O) groups excluding carboxylic acids is 3. The minimum atomic E-state index is -5.12. The van der Waals surface area contributed by atoms with Crippen LogP contribution in [0, 0.1) is 6.92 Å². The maximum atomic E-state index is 14.1. The van der Waals surface area contributed by atoms with Gasteiger partial charge in [0.2, 0.25) is 0 Å². The summed E-state index contributed by atoms with van der Waals surface area (Å²) in [6, 6.07) is 7.26. The Morgan fingerprint density at radius 3 is 2.07 bits per heavy atom. The van der Waals surface area contributed by atoms with Crippen molar-refractivity contribution in [3.63, 3.8) is 0 Å². The molecule has 228 valence electrons. The van der Waals surface area contributed by atoms with E-state index in [0.717, 1.165) is 9.80 Å². The molecule has 15 heteroatoms. The summed E-state index contributed by atoms with van der Waals surface area (Å²) in [6.07, 6.45) is -10.5. The van der Waals surface area contributed by atoms with E-state index in [1.54, 1.807) is 38.1 Å². The van der Waals surface area contributed by atoms with Crippen molar-refractivity contribution in [3.05, 3.63) is 81.6 Å². The van der Waals surface area contributed by atoms with Gasteiger partial charge in [-0.25, -0.2) is 4.79 Å². The van der Waals surface area contributed by atoms with E-state index in [1.807, 2.05) is 0 Å². The first kappa shape index (κ1) is 30.4. The summed E-state index contributed by atoms with van der Waals surface area (Å²) in [7, 11) is 0. The number of hydrogen-bond acceptors (Lipinski definition) is 4. The Bertz CT molecular complexity index is 1560. The van der Waals surface area contributed by atoms with Gasteiger partial charge in [-0.1, -0.05) is 23.7 Å². The second kappa shape index (κ2) is 10.6. The van der Waals surface area contributed by atoms with Crippen LogP contribution in [0.25, 0.3) is 0 Å². The minimum absolute atomic E-state index is 0.0527. The standard InChI is InChI=1S/C28H24ClF6N5O3/c1-15-11-21(37-36-15)16(2)39-24(42)26(40(25(39)43)22-6-4-3-5-20(22)29)7-9-38(10-8-26)23(41)17-12-18(27(30,31)32)14-19(13-17)28(33,34)35/h3-6,11-14,16H,7-10H2,1-2H3,(H,36,37). The van der Waals surface area contributed by atoms with Gasteiger partial charge < -0.3 is 4.90 Å². The maximum absolute atomic E-state index is 14.1. The maximum Gasteiger partial charge on any atom is 0.416 e. The molecule has 2 fully saturated rings. The zero-order chi connectivity index (χ0) is 31.5. The molecule has 1 unspecified atom stereocenters. The molecule has 0 aliphatic carbocycles. The highest BCUT2D eigenvalue weighted by Crippen LogP contribution is 2.45. The van der Waals surface area contributed by atoms with E-state index >= 15 is 0 Å². The third-order valence-electron chi connectivity index (χ3n) is 7.79. The summed E-state index contributed by atoms with van der Waals surface area (Å²) >= 11 is 6.44. The number of benzene rings is 2. The van der Waals surface area contributed by atoms with Gasteiger partial charge in [-0.3, -0.25) is 24.5 Å². The van der Waals surface area contributed by atoms with Gasteiger partial charge in [-0.05, 0) is 63.1 Å². The van der Waals surface area contributed by atoms with Gasteiger partial charge in [0.1, 0.15) is 5.54 Å². The van der Waals surface area contributed by atoms with Crippen LogP contribution in [0.5, 0.6) is 0 Å². The first-order valence-electron chi connectivity index (χ1n) is 13.1. The molecule has 2 aliphatic heterocycles. The Balaban J connectivity index is 1.49. The van der Waals surface area contributed by atoms with E-state index in [0.29, 0.717) is 23.5 Å². The number of carbonyl (C=O) groups is 3. The SMILES string of the molecule is Cc1cc(C(C)N2C(=O)N(c3ccccc3Cl)C3(CCN(C(=O)c4cc(C(F)(F)F)cc(C(F)(F)F)c4)CC3)C2=O)n[nH]1. The molecule has 8 nitrogen and oxygen atoms in total. The summed E-state index contributed by atoms with van der Waals surface area (Å²) in [5.74, 6) is -1.65. The van der Waals surface area contributed by atoms with E-state index in [2.05, 4.69) is 10.2 Å². The van der Waals surface area contributed by atoms with Crippen molar-refractivity contribution in [3.8, 4) is 0 Å². The molecule has 0 radical (unpaired) electrons. The zero-order valence-electron chi connectivity index (χ0n) is 22.7. The molecule has 2 saturated heterocycles. The van der Waals surface area contributed by atoms with Gasteiger partial charge in [-0.15, -0.1) is 0 Å². The third kappa shape index (κ3) is 5.32. The van der Waals surface area contributed by atoms with E-state index in [1.165, 1.54) is 11.0 Å². The van der Waals surface area contributed by atoms with Gasteiger partial charge in [0.15, 0.2) is 0 Å². The molecule has 1 spiro atoms. The van der Waals surface area contributed by atoms with Gasteiger partial charge in [0.25, 0.3) is 11.8 Å². The lowest BCUT2D eigenvalue weighted by Gasteiger charge is -2.42. The number of aromatic amines is 1. The molecular weight excluding hydrogens is 604 g/mol. The number of rotatable bonds is 4. The van der Waals surface area contributed by atoms with E-state index in [4.69, 9.17) is 11.6 Å². The summed E-state index contributed by atoms with van der Waals surface area (Å²) in [5.41, 5.74) is -4.18. The number of nitrogens with zero attached hydrogens (tertiary/aromatic N) is 4. The van der Waals surface area contributed by atoms with Crippen LogP contribution in [0.15, 0.2) is 48.5 Å². The fourth-order valence-electron chi connectivity index (χ4n) is 5.57. The molecular formula is C28H24ClF6N5O3. The average molecular weight is 628 g/mol. The average Bonchev–Trinajstić information content (AvgIpc) is 3.46. The van der Waals surface area contributed by atoms with E-state index in [9.17, 15) is 40.7 Å². The van der Waals surface area contributed by atoms with Crippen LogP contribution in [-0.4, -0.2) is 56.5 Å². The Kier molecular flexibility index (Phi) is 7.48. The van der Waals surface area contributed by atoms with Crippen LogP contribution in [0.2, 0.25) is 5.02 Å². The largest absolute Gasteiger partial charge is 0.416 e. The lowest BCUT2D eigenvalue weighted by molar-refractivity contribution is -0.143. The number of aryl methyl sites for hydroxylation is 1. The fourth-order valence-corrected chi connectivity index (χ4v) is 5.79. The van der Waals surface area contributed by atoms with Gasteiger partial charge in [-0.2, -0.15) is 31.4 Å².